The second-order valence-electron chi connectivity index (χ2n) is 8.33. The first-order chi connectivity index (χ1) is 14.0. The number of sulfone groups is 1. The molecule has 1 aliphatic rings. The van der Waals surface area contributed by atoms with Gasteiger partial charge < -0.3 is 10.1 Å². The molecule has 0 aliphatic carbocycles. The molecular weight excluding hydrogens is 409 g/mol. The van der Waals surface area contributed by atoms with Gasteiger partial charge in [-0.3, -0.25) is 4.79 Å². The predicted octanol–water partition coefficient (Wildman–Crippen LogP) is 3.46. The van der Waals surface area contributed by atoms with Crippen LogP contribution in [0.1, 0.15) is 49.0 Å². The van der Waals surface area contributed by atoms with Crippen molar-refractivity contribution in [1.29, 1.82) is 0 Å². The van der Waals surface area contributed by atoms with Crippen molar-refractivity contribution in [3.05, 3.63) is 59.4 Å². The lowest BCUT2D eigenvalue weighted by Gasteiger charge is -2.18. The van der Waals surface area contributed by atoms with E-state index in [1.165, 1.54) is 24.3 Å². The average Bonchev–Trinajstić information content (AvgIpc) is 3.21. The largest absolute Gasteiger partial charge is 0.389 e. The third kappa shape index (κ3) is 4.60. The molecule has 1 fully saturated rings. The highest BCUT2D eigenvalue weighted by Gasteiger charge is 2.30. The molecule has 0 aromatic heterocycles. The molecule has 1 heterocycles. The van der Waals surface area contributed by atoms with Gasteiger partial charge in [0.05, 0.1) is 20.8 Å². The molecule has 1 saturated heterocycles. The minimum absolute atomic E-state index is 0.0109. The van der Waals surface area contributed by atoms with Crippen LogP contribution in [0.2, 0.25) is 0 Å². The summed E-state index contributed by atoms with van der Waals surface area (Å²) < 4.78 is 44.6. The van der Waals surface area contributed by atoms with Crippen molar-refractivity contribution >= 4 is 21.8 Å². The SMILES string of the molecule is CC(C)(C)C(=O)OC(=O)c1cc(S(=O)(=O)c2cccc(F)c2)ccc1C1CCNC1. The molecular formula is C22H24FNO5S. The van der Waals surface area contributed by atoms with E-state index < -0.39 is 33.0 Å². The fourth-order valence-corrected chi connectivity index (χ4v) is 4.54. The number of benzene rings is 2. The average molecular weight is 434 g/mol. The summed E-state index contributed by atoms with van der Waals surface area (Å²) in [6, 6.07) is 8.85. The maximum atomic E-state index is 13.6. The summed E-state index contributed by atoms with van der Waals surface area (Å²) in [5.74, 6) is -2.29. The first-order valence-corrected chi connectivity index (χ1v) is 11.1. The van der Waals surface area contributed by atoms with Crippen LogP contribution in [0.25, 0.3) is 0 Å². The molecule has 1 N–H and O–H groups in total. The number of hydrogen-bond donors (Lipinski definition) is 1. The van der Waals surface area contributed by atoms with Gasteiger partial charge >= 0.3 is 11.9 Å². The first kappa shape index (κ1) is 22.1. The zero-order chi connectivity index (χ0) is 22.1. The highest BCUT2D eigenvalue weighted by Crippen LogP contribution is 2.31. The number of ether oxygens (including phenoxy) is 1. The van der Waals surface area contributed by atoms with Gasteiger partial charge in [0.25, 0.3) is 0 Å². The maximum Gasteiger partial charge on any atom is 0.346 e. The summed E-state index contributed by atoms with van der Waals surface area (Å²) in [6.07, 6.45) is 0.767. The molecule has 1 unspecified atom stereocenters. The van der Waals surface area contributed by atoms with E-state index in [0.29, 0.717) is 12.1 Å². The normalized spacial score (nSPS) is 17.0. The van der Waals surface area contributed by atoms with Crippen LogP contribution in [0.15, 0.2) is 52.3 Å². The smallest absolute Gasteiger partial charge is 0.346 e. The van der Waals surface area contributed by atoms with Gasteiger partial charge in [0, 0.05) is 6.54 Å². The van der Waals surface area contributed by atoms with E-state index in [-0.39, 0.29) is 21.3 Å². The van der Waals surface area contributed by atoms with Crippen molar-refractivity contribution in [2.45, 2.75) is 42.9 Å². The van der Waals surface area contributed by atoms with E-state index in [0.717, 1.165) is 25.1 Å². The van der Waals surface area contributed by atoms with Crippen LogP contribution in [0.3, 0.4) is 0 Å². The van der Waals surface area contributed by atoms with E-state index >= 15 is 0 Å². The highest BCUT2D eigenvalue weighted by molar-refractivity contribution is 7.91. The van der Waals surface area contributed by atoms with Crippen LogP contribution in [-0.2, 0) is 19.4 Å². The van der Waals surface area contributed by atoms with Crippen molar-refractivity contribution in [1.82, 2.24) is 5.32 Å². The number of hydrogen-bond acceptors (Lipinski definition) is 6. The highest BCUT2D eigenvalue weighted by atomic mass is 32.2. The Morgan fingerprint density at radius 1 is 1.10 bits per heavy atom. The fourth-order valence-electron chi connectivity index (χ4n) is 3.22. The Morgan fingerprint density at radius 3 is 2.40 bits per heavy atom. The van der Waals surface area contributed by atoms with Crippen LogP contribution >= 0.6 is 0 Å². The van der Waals surface area contributed by atoms with E-state index in [9.17, 15) is 22.4 Å². The van der Waals surface area contributed by atoms with E-state index in [4.69, 9.17) is 4.74 Å². The fraction of sp³-hybridized carbons (Fsp3) is 0.364. The summed E-state index contributed by atoms with van der Waals surface area (Å²) >= 11 is 0. The summed E-state index contributed by atoms with van der Waals surface area (Å²) in [4.78, 5) is 24.6. The van der Waals surface area contributed by atoms with Gasteiger partial charge in [0.15, 0.2) is 0 Å². The number of halogens is 1. The summed E-state index contributed by atoms with van der Waals surface area (Å²) in [5, 5.41) is 3.20. The van der Waals surface area contributed by atoms with Gasteiger partial charge in [-0.1, -0.05) is 12.1 Å². The molecule has 2 aromatic rings. The van der Waals surface area contributed by atoms with E-state index in [1.54, 1.807) is 26.8 Å². The summed E-state index contributed by atoms with van der Waals surface area (Å²) in [7, 11) is -4.06. The lowest BCUT2D eigenvalue weighted by molar-refractivity contribution is -0.146. The third-order valence-corrected chi connectivity index (χ3v) is 6.71. The van der Waals surface area contributed by atoms with Crippen LogP contribution in [0.5, 0.6) is 0 Å². The lowest BCUT2D eigenvalue weighted by atomic mass is 9.93. The van der Waals surface area contributed by atoms with E-state index in [2.05, 4.69) is 5.32 Å². The van der Waals surface area contributed by atoms with Crippen LogP contribution in [0, 0.1) is 11.2 Å². The van der Waals surface area contributed by atoms with Crippen molar-refractivity contribution < 1.29 is 27.1 Å². The van der Waals surface area contributed by atoms with Crippen molar-refractivity contribution in [2.24, 2.45) is 5.41 Å². The molecule has 8 heteroatoms. The molecule has 3 rings (SSSR count). The molecule has 1 atom stereocenters. The van der Waals surface area contributed by atoms with Gasteiger partial charge in [-0.05, 0) is 75.5 Å². The number of nitrogens with one attached hydrogen (secondary N) is 1. The van der Waals surface area contributed by atoms with Gasteiger partial charge in [0.2, 0.25) is 9.84 Å². The maximum absolute atomic E-state index is 13.6. The standard InChI is InChI=1S/C22H24FNO5S/c1-22(2,3)21(26)29-20(25)19-12-17(7-8-18(19)14-9-10-24-13-14)30(27,28)16-6-4-5-15(23)11-16/h4-8,11-12,14,24H,9-10,13H2,1-3H3. The number of carbonyl (C=O) groups excluding carboxylic acids is 2. The van der Waals surface area contributed by atoms with Crippen LogP contribution in [-0.4, -0.2) is 33.4 Å². The van der Waals surface area contributed by atoms with Gasteiger partial charge in [-0.15, -0.1) is 0 Å². The second kappa shape index (κ2) is 8.28. The number of rotatable bonds is 4. The molecule has 160 valence electrons. The minimum atomic E-state index is -4.06. The second-order valence-corrected chi connectivity index (χ2v) is 10.3. The minimum Gasteiger partial charge on any atom is -0.389 e. The van der Waals surface area contributed by atoms with Crippen LogP contribution < -0.4 is 5.32 Å². The molecule has 6 nitrogen and oxygen atoms in total. The quantitative estimate of drug-likeness (QED) is 0.587. The molecule has 1 aliphatic heterocycles. The van der Waals surface area contributed by atoms with E-state index in [1.807, 2.05) is 0 Å². The topological polar surface area (TPSA) is 89.5 Å². The molecule has 0 spiro atoms. The Labute approximate surface area is 175 Å². The van der Waals surface area contributed by atoms with Gasteiger partial charge in [0.1, 0.15) is 5.82 Å². The van der Waals surface area contributed by atoms with Crippen molar-refractivity contribution in [2.75, 3.05) is 13.1 Å². The Kier molecular flexibility index (Phi) is 6.10. The Hall–Kier alpha value is -2.58. The Morgan fingerprint density at radius 2 is 1.80 bits per heavy atom. The summed E-state index contributed by atoms with van der Waals surface area (Å²) in [6.45, 7) is 6.26. The Balaban J connectivity index is 2.06. The number of carbonyl (C=O) groups is 2. The Bertz CT molecular complexity index is 1080. The third-order valence-electron chi connectivity index (χ3n) is 4.96. The van der Waals surface area contributed by atoms with Crippen molar-refractivity contribution in [3.63, 3.8) is 0 Å². The molecule has 0 radical (unpaired) electrons. The molecule has 0 amide bonds. The van der Waals surface area contributed by atoms with Gasteiger partial charge in [-0.25, -0.2) is 17.6 Å². The van der Waals surface area contributed by atoms with Gasteiger partial charge in [-0.2, -0.15) is 0 Å². The molecule has 0 bridgehead atoms. The predicted molar refractivity (Wildman–Crippen MR) is 108 cm³/mol. The molecule has 30 heavy (non-hydrogen) atoms. The zero-order valence-electron chi connectivity index (χ0n) is 17.1. The monoisotopic (exact) mass is 433 g/mol. The first-order valence-electron chi connectivity index (χ1n) is 9.62. The molecule has 0 saturated carbocycles. The van der Waals surface area contributed by atoms with Crippen LogP contribution in [0.4, 0.5) is 4.39 Å². The molecule has 2 aromatic carbocycles. The summed E-state index contributed by atoms with van der Waals surface area (Å²) in [5.41, 5.74) is -0.251. The van der Waals surface area contributed by atoms with Crippen molar-refractivity contribution in [3.8, 4) is 0 Å². The lowest BCUT2D eigenvalue weighted by Crippen LogP contribution is -2.26. The number of esters is 2. The zero-order valence-corrected chi connectivity index (χ0v) is 17.9.